The average molecular weight is 349 g/mol. The van der Waals surface area contributed by atoms with Crippen LogP contribution in [-0.2, 0) is 5.41 Å². The summed E-state index contributed by atoms with van der Waals surface area (Å²) < 4.78 is 0. The van der Waals surface area contributed by atoms with E-state index in [1.54, 1.807) is 0 Å². The van der Waals surface area contributed by atoms with Crippen LogP contribution in [0.2, 0.25) is 0 Å². The Morgan fingerprint density at radius 3 is 1.70 bits per heavy atom. The molecule has 1 nitrogen and oxygen atoms in total. The van der Waals surface area contributed by atoms with Gasteiger partial charge in [0.15, 0.2) is 0 Å². The maximum absolute atomic E-state index is 4.75. The van der Waals surface area contributed by atoms with Crippen molar-refractivity contribution < 1.29 is 0 Å². The van der Waals surface area contributed by atoms with Crippen molar-refractivity contribution in [2.45, 2.75) is 19.3 Å². The van der Waals surface area contributed by atoms with E-state index < -0.39 is 0 Å². The van der Waals surface area contributed by atoms with Crippen molar-refractivity contribution in [2.24, 2.45) is 0 Å². The first-order chi connectivity index (χ1) is 13.4. The molecule has 5 rings (SSSR count). The SMILES string of the molecule is CC.c1ccc(C2(c3ccccc3)c3ccccc3-c3ncccc32)cc1. The van der Waals surface area contributed by atoms with Gasteiger partial charge in [0.05, 0.1) is 11.1 Å². The molecule has 0 fully saturated rings. The van der Waals surface area contributed by atoms with Crippen molar-refractivity contribution in [3.05, 3.63) is 126 Å². The van der Waals surface area contributed by atoms with Crippen molar-refractivity contribution >= 4 is 0 Å². The molecule has 3 aromatic carbocycles. The number of fused-ring (bicyclic) bond motifs is 3. The van der Waals surface area contributed by atoms with Gasteiger partial charge in [0.2, 0.25) is 0 Å². The Morgan fingerprint density at radius 1 is 0.556 bits per heavy atom. The summed E-state index contributed by atoms with van der Waals surface area (Å²) in [5.41, 5.74) is 7.12. The van der Waals surface area contributed by atoms with E-state index >= 15 is 0 Å². The fourth-order valence-electron chi connectivity index (χ4n) is 4.25. The number of aromatic nitrogens is 1. The summed E-state index contributed by atoms with van der Waals surface area (Å²) in [6.07, 6.45) is 1.89. The zero-order valence-corrected chi connectivity index (χ0v) is 15.8. The molecule has 0 spiro atoms. The number of hydrogen-bond acceptors (Lipinski definition) is 1. The molecule has 27 heavy (non-hydrogen) atoms. The summed E-state index contributed by atoms with van der Waals surface area (Å²) in [6, 6.07) is 34.5. The molecule has 1 aliphatic carbocycles. The van der Waals surface area contributed by atoms with Crippen LogP contribution in [0.15, 0.2) is 103 Å². The standard InChI is InChI=1S/C24H17N.C2H6/c1-3-10-18(11-4-1)24(19-12-5-2-6-13-19)21-15-8-7-14-20(21)23-22(24)16-9-17-25-23;1-2/h1-17H;1-2H3. The van der Waals surface area contributed by atoms with Crippen molar-refractivity contribution in [1.82, 2.24) is 4.98 Å². The highest BCUT2D eigenvalue weighted by molar-refractivity contribution is 5.83. The zero-order valence-electron chi connectivity index (χ0n) is 15.8. The lowest BCUT2D eigenvalue weighted by Crippen LogP contribution is -2.28. The van der Waals surface area contributed by atoms with E-state index in [4.69, 9.17) is 4.98 Å². The largest absolute Gasteiger partial charge is 0.256 e. The quantitative estimate of drug-likeness (QED) is 0.356. The van der Waals surface area contributed by atoms with Gasteiger partial charge in [-0.3, -0.25) is 4.98 Å². The van der Waals surface area contributed by atoms with Crippen molar-refractivity contribution in [2.75, 3.05) is 0 Å². The minimum atomic E-state index is -0.317. The molecule has 0 bridgehead atoms. The Bertz CT molecular complexity index is 949. The molecule has 0 saturated carbocycles. The monoisotopic (exact) mass is 349 g/mol. The Kier molecular flexibility index (Phi) is 4.60. The van der Waals surface area contributed by atoms with Gasteiger partial charge in [-0.15, -0.1) is 0 Å². The molecule has 4 aromatic rings. The van der Waals surface area contributed by atoms with E-state index in [1.165, 1.54) is 27.8 Å². The Hall–Kier alpha value is -3.19. The fraction of sp³-hybridized carbons (Fsp3) is 0.115. The second kappa shape index (κ2) is 7.20. The van der Waals surface area contributed by atoms with Crippen molar-refractivity contribution in [3.8, 4) is 11.3 Å². The number of pyridine rings is 1. The van der Waals surface area contributed by atoms with Gasteiger partial charge in [-0.25, -0.2) is 0 Å². The van der Waals surface area contributed by atoms with Crippen LogP contribution in [0, 0.1) is 0 Å². The van der Waals surface area contributed by atoms with E-state index in [1.807, 2.05) is 26.1 Å². The van der Waals surface area contributed by atoms with Gasteiger partial charge in [0.1, 0.15) is 0 Å². The number of rotatable bonds is 2. The van der Waals surface area contributed by atoms with Crippen LogP contribution >= 0.6 is 0 Å². The third-order valence-corrected chi connectivity index (χ3v) is 5.21. The molecule has 0 saturated heterocycles. The minimum Gasteiger partial charge on any atom is -0.256 e. The molecule has 1 aromatic heterocycles. The predicted molar refractivity (Wildman–Crippen MR) is 113 cm³/mol. The van der Waals surface area contributed by atoms with Crippen LogP contribution in [0.4, 0.5) is 0 Å². The third kappa shape index (κ3) is 2.50. The summed E-state index contributed by atoms with van der Waals surface area (Å²) in [4.78, 5) is 4.75. The number of hydrogen-bond donors (Lipinski definition) is 0. The molecular weight excluding hydrogens is 326 g/mol. The van der Waals surface area contributed by atoms with Crippen LogP contribution in [0.3, 0.4) is 0 Å². The van der Waals surface area contributed by atoms with Crippen LogP contribution in [0.1, 0.15) is 36.1 Å². The Labute approximate surface area is 161 Å². The maximum Gasteiger partial charge on any atom is 0.0753 e. The van der Waals surface area contributed by atoms with Crippen molar-refractivity contribution in [1.29, 1.82) is 0 Å². The molecule has 0 atom stereocenters. The number of benzene rings is 3. The normalized spacial score (nSPS) is 13.1. The van der Waals surface area contributed by atoms with Crippen LogP contribution in [0.5, 0.6) is 0 Å². The lowest BCUT2D eigenvalue weighted by atomic mass is 9.68. The summed E-state index contributed by atoms with van der Waals surface area (Å²) >= 11 is 0. The van der Waals surface area contributed by atoms with Crippen LogP contribution in [-0.4, -0.2) is 4.98 Å². The smallest absolute Gasteiger partial charge is 0.0753 e. The Balaban J connectivity index is 0.000000872. The Morgan fingerprint density at radius 2 is 1.07 bits per heavy atom. The second-order valence-electron chi connectivity index (χ2n) is 6.43. The minimum absolute atomic E-state index is 0.317. The fourth-order valence-corrected chi connectivity index (χ4v) is 4.25. The van der Waals surface area contributed by atoms with Gasteiger partial charge in [-0.05, 0) is 28.3 Å². The van der Waals surface area contributed by atoms with Gasteiger partial charge >= 0.3 is 0 Å². The highest BCUT2D eigenvalue weighted by Gasteiger charge is 2.46. The van der Waals surface area contributed by atoms with Gasteiger partial charge in [0.25, 0.3) is 0 Å². The summed E-state index contributed by atoms with van der Waals surface area (Å²) in [6.45, 7) is 4.00. The van der Waals surface area contributed by atoms with Gasteiger partial charge in [-0.1, -0.05) is 105 Å². The van der Waals surface area contributed by atoms with Crippen LogP contribution in [0.25, 0.3) is 11.3 Å². The first-order valence-electron chi connectivity index (χ1n) is 9.59. The van der Waals surface area contributed by atoms with E-state index in [9.17, 15) is 0 Å². The molecule has 0 unspecified atom stereocenters. The van der Waals surface area contributed by atoms with Gasteiger partial charge < -0.3 is 0 Å². The average Bonchev–Trinajstić information content (AvgIpc) is 3.08. The molecular formula is C26H23N. The number of nitrogens with zero attached hydrogens (tertiary/aromatic N) is 1. The van der Waals surface area contributed by atoms with E-state index in [-0.39, 0.29) is 5.41 Å². The molecule has 0 amide bonds. The predicted octanol–water partition coefficient (Wildman–Crippen LogP) is 6.47. The molecule has 132 valence electrons. The van der Waals surface area contributed by atoms with Crippen LogP contribution < -0.4 is 0 Å². The molecule has 0 N–H and O–H groups in total. The summed E-state index contributed by atoms with van der Waals surface area (Å²) in [5.74, 6) is 0. The molecule has 1 heterocycles. The highest BCUT2D eigenvalue weighted by atomic mass is 14.7. The first kappa shape index (κ1) is 17.2. The van der Waals surface area contributed by atoms with Crippen molar-refractivity contribution in [3.63, 3.8) is 0 Å². The lowest BCUT2D eigenvalue weighted by Gasteiger charge is -2.33. The zero-order chi connectivity index (χ0) is 18.7. The topological polar surface area (TPSA) is 12.9 Å². The maximum atomic E-state index is 4.75. The molecule has 1 aliphatic rings. The first-order valence-corrected chi connectivity index (χ1v) is 9.59. The molecule has 0 aliphatic heterocycles. The molecule has 1 heteroatoms. The summed E-state index contributed by atoms with van der Waals surface area (Å²) in [5, 5.41) is 0. The summed E-state index contributed by atoms with van der Waals surface area (Å²) in [7, 11) is 0. The van der Waals surface area contributed by atoms with Gasteiger partial charge in [-0.2, -0.15) is 0 Å². The lowest BCUT2D eigenvalue weighted by molar-refractivity contribution is 0.766. The van der Waals surface area contributed by atoms with E-state index in [2.05, 4.69) is 91.0 Å². The van der Waals surface area contributed by atoms with Gasteiger partial charge in [0, 0.05) is 11.8 Å². The highest BCUT2D eigenvalue weighted by Crippen LogP contribution is 2.54. The van der Waals surface area contributed by atoms with E-state index in [0.29, 0.717) is 0 Å². The molecule has 0 radical (unpaired) electrons. The van der Waals surface area contributed by atoms with E-state index in [0.717, 1.165) is 5.69 Å². The third-order valence-electron chi connectivity index (χ3n) is 5.21. The second-order valence-corrected chi connectivity index (χ2v) is 6.43.